The zero-order chi connectivity index (χ0) is 10.6. The number of nitrogens with zero attached hydrogens (tertiary/aromatic N) is 2. The van der Waals surface area contributed by atoms with Crippen LogP contribution in [0.3, 0.4) is 0 Å². The van der Waals surface area contributed by atoms with Gasteiger partial charge in [-0.05, 0) is 32.4 Å². The Morgan fingerprint density at radius 2 is 2.14 bits per heavy atom. The molecule has 0 aliphatic carbocycles. The van der Waals surface area contributed by atoms with Crippen LogP contribution >= 0.6 is 0 Å². The quantitative estimate of drug-likeness (QED) is 0.754. The monoisotopic (exact) mass is 197 g/mol. The molecule has 0 spiro atoms. The van der Waals surface area contributed by atoms with Gasteiger partial charge in [-0.3, -0.25) is 4.68 Å². The second-order valence-electron chi connectivity index (χ2n) is 3.40. The highest BCUT2D eigenvalue weighted by atomic mass is 16.5. The fourth-order valence-electron chi connectivity index (χ4n) is 1.64. The van der Waals surface area contributed by atoms with E-state index >= 15 is 0 Å². The summed E-state index contributed by atoms with van der Waals surface area (Å²) in [6, 6.07) is 0. The molecule has 80 valence electrons. The summed E-state index contributed by atoms with van der Waals surface area (Å²) in [5, 5.41) is 4.45. The molecule has 0 atom stereocenters. The molecule has 0 amide bonds. The Morgan fingerprint density at radius 3 is 2.71 bits per heavy atom. The predicted molar refractivity (Wildman–Crippen MR) is 56.3 cm³/mol. The van der Waals surface area contributed by atoms with Gasteiger partial charge in [0.25, 0.3) is 0 Å². The molecule has 0 saturated carbocycles. The standard InChI is InChI=1S/C10H19N3O/c1-8-10(4-5-11)9(2)13(12-8)6-7-14-3/h4-7,11H2,1-3H3. The molecule has 4 heteroatoms. The number of hydrogen-bond acceptors (Lipinski definition) is 3. The van der Waals surface area contributed by atoms with E-state index in [4.69, 9.17) is 10.5 Å². The molecule has 1 rings (SSSR count). The molecule has 0 aliphatic heterocycles. The summed E-state index contributed by atoms with van der Waals surface area (Å²) in [5.74, 6) is 0. The molecule has 1 aromatic heterocycles. The van der Waals surface area contributed by atoms with E-state index in [0.717, 1.165) is 18.7 Å². The van der Waals surface area contributed by atoms with Gasteiger partial charge in [-0.15, -0.1) is 0 Å². The van der Waals surface area contributed by atoms with Crippen LogP contribution in [0, 0.1) is 13.8 Å². The lowest BCUT2D eigenvalue weighted by molar-refractivity contribution is 0.182. The molecule has 0 fully saturated rings. The van der Waals surface area contributed by atoms with E-state index in [0.29, 0.717) is 13.2 Å². The molecule has 2 N–H and O–H groups in total. The van der Waals surface area contributed by atoms with Gasteiger partial charge >= 0.3 is 0 Å². The minimum absolute atomic E-state index is 0.678. The topological polar surface area (TPSA) is 53.1 Å². The Hall–Kier alpha value is -0.870. The Morgan fingerprint density at radius 1 is 1.43 bits per heavy atom. The van der Waals surface area contributed by atoms with Gasteiger partial charge in [0.2, 0.25) is 0 Å². The van der Waals surface area contributed by atoms with E-state index in [1.165, 1.54) is 11.3 Å². The third kappa shape index (κ3) is 2.33. The molecule has 1 heterocycles. The van der Waals surface area contributed by atoms with Gasteiger partial charge in [0.15, 0.2) is 0 Å². The first-order chi connectivity index (χ1) is 6.70. The SMILES string of the molecule is COCCn1nc(C)c(CCN)c1C. The smallest absolute Gasteiger partial charge is 0.0658 e. The van der Waals surface area contributed by atoms with Crippen LogP contribution in [0.5, 0.6) is 0 Å². The normalized spacial score (nSPS) is 10.9. The van der Waals surface area contributed by atoms with Gasteiger partial charge in [0.05, 0.1) is 18.8 Å². The van der Waals surface area contributed by atoms with Crippen LogP contribution < -0.4 is 5.73 Å². The van der Waals surface area contributed by atoms with Crippen molar-refractivity contribution in [3.8, 4) is 0 Å². The van der Waals surface area contributed by atoms with Crippen molar-refractivity contribution < 1.29 is 4.74 Å². The maximum absolute atomic E-state index is 5.55. The molecule has 0 unspecified atom stereocenters. The zero-order valence-corrected chi connectivity index (χ0v) is 9.21. The minimum Gasteiger partial charge on any atom is -0.383 e. The second kappa shape index (κ2) is 5.12. The summed E-state index contributed by atoms with van der Waals surface area (Å²) in [6.07, 6.45) is 0.907. The average molecular weight is 197 g/mol. The first-order valence-corrected chi connectivity index (χ1v) is 4.92. The maximum Gasteiger partial charge on any atom is 0.0658 e. The Labute approximate surface area is 85.0 Å². The number of aromatic nitrogens is 2. The highest BCUT2D eigenvalue weighted by Crippen LogP contribution is 2.12. The number of nitrogens with two attached hydrogens (primary N) is 1. The van der Waals surface area contributed by atoms with Gasteiger partial charge in [0, 0.05) is 12.8 Å². The van der Waals surface area contributed by atoms with E-state index in [1.807, 2.05) is 11.6 Å². The lowest BCUT2D eigenvalue weighted by Crippen LogP contribution is -2.08. The number of rotatable bonds is 5. The number of methoxy groups -OCH3 is 1. The van der Waals surface area contributed by atoms with Crippen molar-refractivity contribution in [2.45, 2.75) is 26.8 Å². The Bertz CT molecular complexity index is 294. The van der Waals surface area contributed by atoms with Crippen LogP contribution in [0.4, 0.5) is 0 Å². The van der Waals surface area contributed by atoms with Crippen LogP contribution in [0.1, 0.15) is 17.0 Å². The van der Waals surface area contributed by atoms with Crippen molar-refractivity contribution in [1.29, 1.82) is 0 Å². The second-order valence-corrected chi connectivity index (χ2v) is 3.40. The van der Waals surface area contributed by atoms with Crippen molar-refractivity contribution in [1.82, 2.24) is 9.78 Å². The fourth-order valence-corrected chi connectivity index (χ4v) is 1.64. The van der Waals surface area contributed by atoms with Crippen molar-refractivity contribution in [3.63, 3.8) is 0 Å². The minimum atomic E-state index is 0.678. The first kappa shape index (κ1) is 11.2. The molecule has 1 aromatic rings. The highest BCUT2D eigenvalue weighted by Gasteiger charge is 2.09. The van der Waals surface area contributed by atoms with Crippen LogP contribution in [-0.2, 0) is 17.7 Å². The number of aryl methyl sites for hydroxylation is 1. The Balaban J connectivity index is 2.81. The summed E-state index contributed by atoms with van der Waals surface area (Å²) in [6.45, 7) is 6.30. The molecule has 4 nitrogen and oxygen atoms in total. The lowest BCUT2D eigenvalue weighted by atomic mass is 10.1. The third-order valence-electron chi connectivity index (χ3n) is 2.43. The maximum atomic E-state index is 5.55. The van der Waals surface area contributed by atoms with E-state index < -0.39 is 0 Å². The van der Waals surface area contributed by atoms with Gasteiger partial charge in [-0.1, -0.05) is 0 Å². The van der Waals surface area contributed by atoms with E-state index in [-0.39, 0.29) is 0 Å². The van der Waals surface area contributed by atoms with E-state index in [1.54, 1.807) is 7.11 Å². The van der Waals surface area contributed by atoms with E-state index in [2.05, 4.69) is 12.0 Å². The van der Waals surface area contributed by atoms with Gasteiger partial charge in [-0.2, -0.15) is 5.10 Å². The van der Waals surface area contributed by atoms with E-state index in [9.17, 15) is 0 Å². The summed E-state index contributed by atoms with van der Waals surface area (Å²) < 4.78 is 7.01. The summed E-state index contributed by atoms with van der Waals surface area (Å²) in [4.78, 5) is 0. The molecule has 0 saturated heterocycles. The molecule has 0 aliphatic rings. The van der Waals surface area contributed by atoms with Crippen molar-refractivity contribution in [2.24, 2.45) is 5.73 Å². The number of ether oxygens (including phenoxy) is 1. The van der Waals surface area contributed by atoms with Crippen LogP contribution in [0.2, 0.25) is 0 Å². The van der Waals surface area contributed by atoms with Gasteiger partial charge < -0.3 is 10.5 Å². The van der Waals surface area contributed by atoms with Crippen molar-refractivity contribution in [2.75, 3.05) is 20.3 Å². The molecule has 0 bridgehead atoms. The molecule has 0 radical (unpaired) electrons. The third-order valence-corrected chi connectivity index (χ3v) is 2.43. The summed E-state index contributed by atoms with van der Waals surface area (Å²) in [7, 11) is 1.70. The Kier molecular flexibility index (Phi) is 4.10. The molecule has 0 aromatic carbocycles. The largest absolute Gasteiger partial charge is 0.383 e. The molecular formula is C10H19N3O. The average Bonchev–Trinajstić information content (AvgIpc) is 2.43. The molecular weight excluding hydrogens is 178 g/mol. The predicted octanol–water partition coefficient (Wildman–Crippen LogP) is 0.648. The summed E-state index contributed by atoms with van der Waals surface area (Å²) >= 11 is 0. The van der Waals surface area contributed by atoms with Crippen LogP contribution in [0.15, 0.2) is 0 Å². The van der Waals surface area contributed by atoms with Crippen LogP contribution in [-0.4, -0.2) is 30.0 Å². The van der Waals surface area contributed by atoms with Gasteiger partial charge in [-0.25, -0.2) is 0 Å². The van der Waals surface area contributed by atoms with Crippen LogP contribution in [0.25, 0.3) is 0 Å². The lowest BCUT2D eigenvalue weighted by Gasteiger charge is -2.03. The first-order valence-electron chi connectivity index (χ1n) is 4.92. The zero-order valence-electron chi connectivity index (χ0n) is 9.21. The van der Waals surface area contributed by atoms with Gasteiger partial charge in [0.1, 0.15) is 0 Å². The summed E-state index contributed by atoms with van der Waals surface area (Å²) in [5.41, 5.74) is 9.13. The molecule has 14 heavy (non-hydrogen) atoms. The van der Waals surface area contributed by atoms with Crippen molar-refractivity contribution >= 4 is 0 Å². The van der Waals surface area contributed by atoms with Crippen molar-refractivity contribution in [3.05, 3.63) is 17.0 Å². The fraction of sp³-hybridized carbons (Fsp3) is 0.700. The highest BCUT2D eigenvalue weighted by molar-refractivity contribution is 5.24. The number of hydrogen-bond donors (Lipinski definition) is 1.